The van der Waals surface area contributed by atoms with Crippen LogP contribution in [0, 0.1) is 0 Å². The number of hydrogen-bond donors (Lipinski definition) is 1. The molecule has 0 aromatic heterocycles. The van der Waals surface area contributed by atoms with Gasteiger partial charge in [-0.05, 0) is 47.5 Å². The average Bonchev–Trinajstić information content (AvgIpc) is 3.49. The summed E-state index contributed by atoms with van der Waals surface area (Å²) in [6.07, 6.45) is 0.666. The van der Waals surface area contributed by atoms with Crippen LogP contribution in [-0.4, -0.2) is 40.1 Å². The van der Waals surface area contributed by atoms with Gasteiger partial charge in [0, 0.05) is 23.6 Å². The Hall–Kier alpha value is -3.62. The summed E-state index contributed by atoms with van der Waals surface area (Å²) in [5, 5.41) is 10.0. The highest BCUT2D eigenvalue weighted by Crippen LogP contribution is 2.38. The number of amides is 2. The third-order valence-corrected chi connectivity index (χ3v) is 7.34. The van der Waals surface area contributed by atoms with E-state index in [0.717, 1.165) is 16.8 Å². The number of anilines is 1. The number of benzene rings is 3. The molecule has 2 heterocycles. The smallest absolute Gasteiger partial charge is 0.262 e. The first-order valence-corrected chi connectivity index (χ1v) is 12.7. The minimum Gasteiger partial charge on any atom is -0.497 e. The first-order valence-electron chi connectivity index (χ1n) is 11.4. The number of nitrogens with zero attached hydrogens (tertiary/aromatic N) is 3. The summed E-state index contributed by atoms with van der Waals surface area (Å²) in [7, 11) is 1.58. The van der Waals surface area contributed by atoms with Crippen LogP contribution < -0.4 is 10.1 Å². The van der Waals surface area contributed by atoms with E-state index in [1.165, 1.54) is 11.8 Å². The quantitative estimate of drug-likeness (QED) is 0.464. The molecule has 0 unspecified atom stereocenters. The molecule has 3 aromatic rings. The molecule has 0 fully saturated rings. The molecule has 2 atom stereocenters. The Kier molecular flexibility index (Phi) is 7.06. The molecule has 0 saturated carbocycles. The van der Waals surface area contributed by atoms with Crippen molar-refractivity contribution in [3.63, 3.8) is 0 Å². The van der Waals surface area contributed by atoms with Gasteiger partial charge in [0.2, 0.25) is 5.91 Å². The van der Waals surface area contributed by atoms with Crippen molar-refractivity contribution in [2.24, 2.45) is 10.1 Å². The Morgan fingerprint density at radius 3 is 2.50 bits per heavy atom. The SMILES string of the molecule is COc1ccc(NC(=O)C[C@H]2SC(N3N=C(c4ccccc4)C[C@@H]3c3ccc(Cl)cc3)=NC2=O)cc1. The van der Waals surface area contributed by atoms with Crippen molar-refractivity contribution < 1.29 is 14.3 Å². The van der Waals surface area contributed by atoms with Crippen molar-refractivity contribution in [3.05, 3.63) is 95.0 Å². The number of hydrazone groups is 1. The number of nitrogens with one attached hydrogen (secondary N) is 1. The molecule has 3 aromatic carbocycles. The number of thioether (sulfide) groups is 1. The molecule has 9 heteroatoms. The molecule has 2 aliphatic heterocycles. The lowest BCUT2D eigenvalue weighted by Crippen LogP contribution is -2.25. The van der Waals surface area contributed by atoms with E-state index in [9.17, 15) is 9.59 Å². The van der Waals surface area contributed by atoms with Gasteiger partial charge in [-0.15, -0.1) is 0 Å². The lowest BCUT2D eigenvalue weighted by Gasteiger charge is -2.23. The van der Waals surface area contributed by atoms with Gasteiger partial charge < -0.3 is 10.1 Å². The zero-order chi connectivity index (χ0) is 25.1. The second-order valence-corrected chi connectivity index (χ2v) is 9.95. The van der Waals surface area contributed by atoms with Gasteiger partial charge in [0.15, 0.2) is 5.17 Å². The van der Waals surface area contributed by atoms with E-state index in [1.807, 2.05) is 54.6 Å². The van der Waals surface area contributed by atoms with Crippen LogP contribution in [0.5, 0.6) is 5.75 Å². The molecule has 7 nitrogen and oxygen atoms in total. The maximum absolute atomic E-state index is 12.8. The van der Waals surface area contributed by atoms with Crippen LogP contribution >= 0.6 is 23.4 Å². The van der Waals surface area contributed by atoms with Crippen LogP contribution in [0.3, 0.4) is 0 Å². The van der Waals surface area contributed by atoms with Crippen molar-refractivity contribution in [1.29, 1.82) is 0 Å². The minimum atomic E-state index is -0.611. The molecule has 0 bridgehead atoms. The molecular formula is C27H23ClN4O3S. The van der Waals surface area contributed by atoms with E-state index in [1.54, 1.807) is 36.4 Å². The lowest BCUT2D eigenvalue weighted by atomic mass is 9.99. The van der Waals surface area contributed by atoms with Crippen molar-refractivity contribution >= 4 is 51.7 Å². The number of amidine groups is 1. The summed E-state index contributed by atoms with van der Waals surface area (Å²) in [5.41, 5.74) is 3.58. The van der Waals surface area contributed by atoms with Gasteiger partial charge in [-0.25, -0.2) is 5.01 Å². The number of rotatable bonds is 6. The highest BCUT2D eigenvalue weighted by molar-refractivity contribution is 8.15. The van der Waals surface area contributed by atoms with E-state index < -0.39 is 5.25 Å². The van der Waals surface area contributed by atoms with Crippen molar-refractivity contribution in [1.82, 2.24) is 5.01 Å². The fourth-order valence-corrected chi connectivity index (χ4v) is 5.28. The average molecular weight is 519 g/mol. The molecule has 0 radical (unpaired) electrons. The van der Waals surface area contributed by atoms with Crippen LogP contribution in [0.2, 0.25) is 5.02 Å². The maximum atomic E-state index is 12.8. The summed E-state index contributed by atoms with van der Waals surface area (Å²) in [6.45, 7) is 0. The van der Waals surface area contributed by atoms with Gasteiger partial charge >= 0.3 is 0 Å². The standard InChI is InChI=1S/C27H23ClN4O3S/c1-35-21-13-11-20(12-14-21)29-25(33)16-24-26(34)30-27(36-24)32-23(18-7-9-19(28)10-8-18)15-22(31-32)17-5-3-2-4-6-17/h2-14,23-24H,15-16H2,1H3,(H,29,33)/t23-,24-/m1/s1. The number of ether oxygens (including phenoxy) is 1. The van der Waals surface area contributed by atoms with Crippen LogP contribution in [0.15, 0.2) is 89.0 Å². The molecule has 5 rings (SSSR count). The normalized spacial score (nSPS) is 19.2. The van der Waals surface area contributed by atoms with Gasteiger partial charge in [0.25, 0.3) is 5.91 Å². The zero-order valence-electron chi connectivity index (χ0n) is 19.4. The Balaban J connectivity index is 1.32. The number of methoxy groups -OCH3 is 1. The molecule has 0 spiro atoms. The number of aliphatic imine (C=N–C) groups is 1. The number of carbonyl (C=O) groups excluding carboxylic acids is 2. The van der Waals surface area contributed by atoms with Crippen molar-refractivity contribution in [2.75, 3.05) is 12.4 Å². The van der Waals surface area contributed by atoms with Gasteiger partial charge in [-0.3, -0.25) is 9.59 Å². The predicted molar refractivity (Wildman–Crippen MR) is 144 cm³/mol. The molecule has 36 heavy (non-hydrogen) atoms. The first-order chi connectivity index (χ1) is 17.5. The number of hydrogen-bond acceptors (Lipinski definition) is 6. The largest absolute Gasteiger partial charge is 0.497 e. The summed E-state index contributed by atoms with van der Waals surface area (Å²) < 4.78 is 5.14. The maximum Gasteiger partial charge on any atom is 0.262 e. The second-order valence-electron chi connectivity index (χ2n) is 8.35. The third-order valence-electron chi connectivity index (χ3n) is 5.94. The fourth-order valence-electron chi connectivity index (χ4n) is 4.10. The second kappa shape index (κ2) is 10.6. The van der Waals surface area contributed by atoms with Crippen LogP contribution in [0.25, 0.3) is 0 Å². The highest BCUT2D eigenvalue weighted by Gasteiger charge is 2.39. The first kappa shape index (κ1) is 24.1. The van der Waals surface area contributed by atoms with E-state index >= 15 is 0 Å². The molecule has 182 valence electrons. The van der Waals surface area contributed by atoms with Crippen LogP contribution in [0.1, 0.15) is 30.0 Å². The van der Waals surface area contributed by atoms with E-state index in [2.05, 4.69) is 10.3 Å². The topological polar surface area (TPSA) is 83.4 Å². The minimum absolute atomic E-state index is 0.0111. The van der Waals surface area contributed by atoms with E-state index in [-0.39, 0.29) is 24.3 Å². The molecule has 2 amide bonds. The third kappa shape index (κ3) is 5.29. The molecule has 0 saturated heterocycles. The summed E-state index contributed by atoms with van der Waals surface area (Å²) in [4.78, 5) is 29.7. The Bertz CT molecular complexity index is 1330. The Labute approximate surface area is 218 Å². The lowest BCUT2D eigenvalue weighted by molar-refractivity contribution is -0.121. The van der Waals surface area contributed by atoms with Gasteiger partial charge in [-0.2, -0.15) is 10.1 Å². The molecule has 2 aliphatic rings. The van der Waals surface area contributed by atoms with Crippen LogP contribution in [-0.2, 0) is 9.59 Å². The number of carbonyl (C=O) groups is 2. The molecular weight excluding hydrogens is 496 g/mol. The summed E-state index contributed by atoms with van der Waals surface area (Å²) >= 11 is 7.38. The van der Waals surface area contributed by atoms with Gasteiger partial charge in [0.1, 0.15) is 11.0 Å². The van der Waals surface area contributed by atoms with E-state index in [4.69, 9.17) is 21.4 Å². The Morgan fingerprint density at radius 1 is 1.08 bits per heavy atom. The van der Waals surface area contributed by atoms with Crippen molar-refractivity contribution in [3.8, 4) is 5.75 Å². The Morgan fingerprint density at radius 2 is 1.81 bits per heavy atom. The predicted octanol–water partition coefficient (Wildman–Crippen LogP) is 5.53. The highest BCUT2D eigenvalue weighted by atomic mass is 35.5. The monoisotopic (exact) mass is 518 g/mol. The molecule has 0 aliphatic carbocycles. The van der Waals surface area contributed by atoms with Gasteiger partial charge in [0.05, 0.1) is 18.9 Å². The fraction of sp³-hybridized carbons (Fsp3) is 0.185. The summed E-state index contributed by atoms with van der Waals surface area (Å²) in [5.74, 6) is 0.105. The zero-order valence-corrected chi connectivity index (χ0v) is 21.0. The number of halogens is 1. The van der Waals surface area contributed by atoms with Gasteiger partial charge in [-0.1, -0.05) is 65.8 Å². The van der Waals surface area contributed by atoms with Crippen LogP contribution in [0.4, 0.5) is 5.69 Å². The molecule has 1 N–H and O–H groups in total. The summed E-state index contributed by atoms with van der Waals surface area (Å²) in [6, 6.07) is 24.5. The van der Waals surface area contributed by atoms with Crippen molar-refractivity contribution in [2.45, 2.75) is 24.1 Å². The van der Waals surface area contributed by atoms with E-state index in [0.29, 0.717) is 28.0 Å².